The second-order valence-electron chi connectivity index (χ2n) is 7.33. The molecule has 31 heavy (non-hydrogen) atoms. The molecule has 2 aliphatic rings. The number of fused-ring (bicyclic) bond motifs is 1. The quantitative estimate of drug-likeness (QED) is 0.648. The summed E-state index contributed by atoms with van der Waals surface area (Å²) in [5.74, 6) is -3.22. The van der Waals surface area contributed by atoms with E-state index in [-0.39, 0.29) is 43.4 Å². The Hall–Kier alpha value is -3.82. The first-order chi connectivity index (χ1) is 14.8. The minimum Gasteiger partial charge on any atom is -0.334 e. The van der Waals surface area contributed by atoms with Crippen LogP contribution < -0.4 is 16.0 Å². The standard InChI is InChI=1S/C21H18F2N4O4/c22-15-4-3-13(8-16(15)23)25-21(31)24-9-11-1-2-12-10-27(20(30)14(12)7-11)17-5-6-18(28)26-19(17)29/h1-4,7-8,17H,5-6,9-10H2,(H2,24,25,31)(H,26,28,29). The molecular formula is C21H18F2N4O4. The van der Waals surface area contributed by atoms with Gasteiger partial charge < -0.3 is 15.5 Å². The molecule has 4 rings (SSSR count). The smallest absolute Gasteiger partial charge is 0.319 e. The molecule has 0 radical (unpaired) electrons. The predicted octanol–water partition coefficient (Wildman–Crippen LogP) is 2.05. The summed E-state index contributed by atoms with van der Waals surface area (Å²) in [6, 6.07) is 6.83. The number of imide groups is 1. The van der Waals surface area contributed by atoms with E-state index < -0.39 is 29.6 Å². The fraction of sp³-hybridized carbons (Fsp3) is 0.238. The topological polar surface area (TPSA) is 108 Å². The van der Waals surface area contributed by atoms with Crippen LogP contribution in [0.2, 0.25) is 0 Å². The van der Waals surface area contributed by atoms with Gasteiger partial charge in [0, 0.05) is 36.8 Å². The average molecular weight is 428 g/mol. The van der Waals surface area contributed by atoms with Crippen molar-refractivity contribution < 1.29 is 28.0 Å². The van der Waals surface area contributed by atoms with Crippen molar-refractivity contribution in [3.63, 3.8) is 0 Å². The van der Waals surface area contributed by atoms with Gasteiger partial charge in [-0.2, -0.15) is 0 Å². The van der Waals surface area contributed by atoms with Gasteiger partial charge in [-0.05, 0) is 35.7 Å². The molecule has 2 heterocycles. The van der Waals surface area contributed by atoms with E-state index in [1.165, 1.54) is 11.0 Å². The number of urea groups is 1. The molecule has 3 N–H and O–H groups in total. The maximum Gasteiger partial charge on any atom is 0.319 e. The van der Waals surface area contributed by atoms with Crippen LogP contribution in [0.1, 0.15) is 34.3 Å². The number of hydrogen-bond donors (Lipinski definition) is 3. The minimum absolute atomic E-state index is 0.0918. The van der Waals surface area contributed by atoms with Gasteiger partial charge in [-0.3, -0.25) is 19.7 Å². The number of nitrogens with zero attached hydrogens (tertiary/aromatic N) is 1. The number of halogens is 2. The van der Waals surface area contributed by atoms with Crippen LogP contribution >= 0.6 is 0 Å². The lowest BCUT2D eigenvalue weighted by Crippen LogP contribution is -2.52. The number of hydrogen-bond acceptors (Lipinski definition) is 4. The third kappa shape index (κ3) is 4.23. The van der Waals surface area contributed by atoms with Crippen molar-refractivity contribution in [2.75, 3.05) is 5.32 Å². The van der Waals surface area contributed by atoms with Gasteiger partial charge >= 0.3 is 6.03 Å². The van der Waals surface area contributed by atoms with Gasteiger partial charge in [-0.1, -0.05) is 12.1 Å². The zero-order valence-corrected chi connectivity index (χ0v) is 16.2. The minimum atomic E-state index is -1.07. The summed E-state index contributed by atoms with van der Waals surface area (Å²) in [4.78, 5) is 49.7. The number of carbonyl (C=O) groups excluding carboxylic acids is 4. The Labute approximate surface area is 175 Å². The number of piperidine rings is 1. The van der Waals surface area contributed by atoms with Crippen molar-refractivity contribution in [2.45, 2.75) is 32.0 Å². The zero-order chi connectivity index (χ0) is 22.1. The third-order valence-corrected chi connectivity index (χ3v) is 5.22. The lowest BCUT2D eigenvalue weighted by molar-refractivity contribution is -0.136. The molecule has 1 fully saturated rings. The number of rotatable bonds is 4. The van der Waals surface area contributed by atoms with E-state index >= 15 is 0 Å². The molecule has 0 spiro atoms. The molecule has 0 bridgehead atoms. The van der Waals surface area contributed by atoms with Crippen LogP contribution in [0, 0.1) is 11.6 Å². The Kier molecular flexibility index (Phi) is 5.37. The first kappa shape index (κ1) is 20.5. The molecule has 0 saturated carbocycles. The van der Waals surface area contributed by atoms with Crippen LogP contribution in [0.15, 0.2) is 36.4 Å². The van der Waals surface area contributed by atoms with E-state index in [1.807, 2.05) is 0 Å². The van der Waals surface area contributed by atoms with Gasteiger partial charge in [-0.15, -0.1) is 0 Å². The average Bonchev–Trinajstić information content (AvgIpc) is 3.05. The number of nitrogens with one attached hydrogen (secondary N) is 3. The number of anilines is 1. The van der Waals surface area contributed by atoms with E-state index in [9.17, 15) is 28.0 Å². The van der Waals surface area contributed by atoms with Gasteiger partial charge in [0.25, 0.3) is 5.91 Å². The zero-order valence-electron chi connectivity index (χ0n) is 16.2. The largest absolute Gasteiger partial charge is 0.334 e. The monoisotopic (exact) mass is 428 g/mol. The SMILES string of the molecule is O=C1CCC(N2Cc3ccc(CNC(=O)Nc4ccc(F)c(F)c4)cc3C2=O)C(=O)N1. The molecule has 0 aromatic heterocycles. The molecule has 2 aromatic carbocycles. The molecule has 5 amide bonds. The van der Waals surface area contributed by atoms with Crippen LogP contribution in [0.5, 0.6) is 0 Å². The van der Waals surface area contributed by atoms with Crippen LogP contribution in [-0.2, 0) is 22.7 Å². The Bertz CT molecular complexity index is 1100. The molecular weight excluding hydrogens is 410 g/mol. The highest BCUT2D eigenvalue weighted by atomic mass is 19.2. The Morgan fingerprint density at radius 3 is 2.65 bits per heavy atom. The summed E-state index contributed by atoms with van der Waals surface area (Å²) in [6.45, 7) is 0.360. The second kappa shape index (κ2) is 8.13. The Balaban J connectivity index is 1.38. The molecule has 10 heteroatoms. The first-order valence-electron chi connectivity index (χ1n) is 9.58. The Morgan fingerprint density at radius 2 is 1.90 bits per heavy atom. The first-order valence-corrected chi connectivity index (χ1v) is 9.58. The van der Waals surface area contributed by atoms with Crippen molar-refractivity contribution >= 4 is 29.4 Å². The lowest BCUT2D eigenvalue weighted by atomic mass is 10.0. The fourth-order valence-corrected chi connectivity index (χ4v) is 3.64. The Morgan fingerprint density at radius 1 is 1.10 bits per heavy atom. The van der Waals surface area contributed by atoms with Crippen molar-refractivity contribution in [2.24, 2.45) is 0 Å². The summed E-state index contributed by atoms with van der Waals surface area (Å²) >= 11 is 0. The highest BCUT2D eigenvalue weighted by molar-refractivity contribution is 6.05. The summed E-state index contributed by atoms with van der Waals surface area (Å²) in [7, 11) is 0. The molecule has 8 nitrogen and oxygen atoms in total. The van der Waals surface area contributed by atoms with Crippen molar-refractivity contribution in [1.82, 2.24) is 15.5 Å². The highest BCUT2D eigenvalue weighted by Crippen LogP contribution is 2.28. The molecule has 1 saturated heterocycles. The van der Waals surface area contributed by atoms with Crippen LogP contribution in [0.4, 0.5) is 19.3 Å². The van der Waals surface area contributed by atoms with E-state index in [2.05, 4.69) is 16.0 Å². The summed E-state index contributed by atoms with van der Waals surface area (Å²) in [5.41, 5.74) is 1.94. The highest BCUT2D eigenvalue weighted by Gasteiger charge is 2.39. The van der Waals surface area contributed by atoms with Crippen LogP contribution in [0.25, 0.3) is 0 Å². The molecule has 1 atom stereocenters. The summed E-state index contributed by atoms with van der Waals surface area (Å²) in [6.07, 6.45) is 0.460. The maximum absolute atomic E-state index is 13.2. The predicted molar refractivity (Wildman–Crippen MR) is 105 cm³/mol. The van der Waals surface area contributed by atoms with E-state index in [0.717, 1.165) is 17.7 Å². The van der Waals surface area contributed by atoms with E-state index in [0.29, 0.717) is 11.1 Å². The van der Waals surface area contributed by atoms with Gasteiger partial charge in [0.2, 0.25) is 11.8 Å². The third-order valence-electron chi connectivity index (χ3n) is 5.22. The normalized spacial score (nSPS) is 17.9. The molecule has 1 unspecified atom stereocenters. The van der Waals surface area contributed by atoms with Crippen LogP contribution in [0.3, 0.4) is 0 Å². The molecule has 2 aromatic rings. The van der Waals surface area contributed by atoms with Crippen molar-refractivity contribution in [1.29, 1.82) is 0 Å². The van der Waals surface area contributed by atoms with Crippen molar-refractivity contribution in [3.8, 4) is 0 Å². The number of amides is 5. The van der Waals surface area contributed by atoms with E-state index in [4.69, 9.17) is 0 Å². The maximum atomic E-state index is 13.2. The van der Waals surface area contributed by atoms with Gasteiger partial charge in [-0.25, -0.2) is 13.6 Å². The van der Waals surface area contributed by atoms with Crippen LogP contribution in [-0.4, -0.2) is 34.7 Å². The number of carbonyl (C=O) groups is 4. The van der Waals surface area contributed by atoms with Gasteiger partial charge in [0.1, 0.15) is 6.04 Å². The molecule has 0 aliphatic carbocycles. The number of benzene rings is 2. The van der Waals surface area contributed by atoms with Gasteiger partial charge in [0.15, 0.2) is 11.6 Å². The summed E-state index contributed by atoms with van der Waals surface area (Å²) < 4.78 is 26.2. The second-order valence-corrected chi connectivity index (χ2v) is 7.33. The molecule has 160 valence electrons. The molecule has 2 aliphatic heterocycles. The van der Waals surface area contributed by atoms with Gasteiger partial charge in [0.05, 0.1) is 0 Å². The summed E-state index contributed by atoms with van der Waals surface area (Å²) in [5, 5.41) is 7.23. The fourth-order valence-electron chi connectivity index (χ4n) is 3.64. The van der Waals surface area contributed by atoms with Crippen molar-refractivity contribution in [3.05, 3.63) is 64.7 Å². The van der Waals surface area contributed by atoms with E-state index in [1.54, 1.807) is 18.2 Å². The lowest BCUT2D eigenvalue weighted by Gasteiger charge is -2.29.